The summed E-state index contributed by atoms with van der Waals surface area (Å²) in [4.78, 5) is 15.8. The second-order valence-electron chi connectivity index (χ2n) is 4.23. The highest BCUT2D eigenvalue weighted by molar-refractivity contribution is 9.10. The van der Waals surface area contributed by atoms with E-state index in [1.54, 1.807) is 12.3 Å². The predicted molar refractivity (Wildman–Crippen MR) is 65.7 cm³/mol. The van der Waals surface area contributed by atoms with E-state index in [4.69, 9.17) is 9.47 Å². The van der Waals surface area contributed by atoms with E-state index in [-0.39, 0.29) is 5.97 Å². The van der Waals surface area contributed by atoms with Gasteiger partial charge in [-0.3, -0.25) is 4.79 Å². The minimum absolute atomic E-state index is 0.180. The van der Waals surface area contributed by atoms with Gasteiger partial charge in [-0.2, -0.15) is 0 Å². The first-order valence-corrected chi connectivity index (χ1v) is 6.28. The molecule has 0 unspecified atom stereocenters. The van der Waals surface area contributed by atoms with Gasteiger partial charge in [0.05, 0.1) is 7.11 Å². The number of pyridine rings is 1. The molecule has 0 saturated heterocycles. The molecule has 92 valence electrons. The van der Waals surface area contributed by atoms with Crippen LogP contribution in [0.15, 0.2) is 22.8 Å². The highest BCUT2D eigenvalue weighted by Gasteiger charge is 2.46. The van der Waals surface area contributed by atoms with E-state index in [0.29, 0.717) is 12.5 Å². The first kappa shape index (κ1) is 12.4. The van der Waals surface area contributed by atoms with Crippen molar-refractivity contribution in [1.82, 2.24) is 4.98 Å². The quantitative estimate of drug-likeness (QED) is 0.802. The fourth-order valence-electron chi connectivity index (χ4n) is 1.89. The number of hydrogen-bond donors (Lipinski definition) is 0. The first-order chi connectivity index (χ1) is 8.16. The lowest BCUT2D eigenvalue weighted by atomic mass is 9.69. The van der Waals surface area contributed by atoms with Crippen molar-refractivity contribution < 1.29 is 14.3 Å². The molecule has 0 amide bonds. The van der Waals surface area contributed by atoms with Gasteiger partial charge in [0.25, 0.3) is 0 Å². The minimum atomic E-state index is -0.455. The maximum Gasteiger partial charge on any atom is 0.315 e. The van der Waals surface area contributed by atoms with Crippen LogP contribution in [0.1, 0.15) is 19.3 Å². The molecule has 2 rings (SSSR count). The standard InChI is InChI=1S/C12H14BrNO3/c1-16-11(15)12(5-2-6-12)8-17-10-4-3-9(13)7-14-10/h3-4,7H,2,5-6,8H2,1H3. The van der Waals surface area contributed by atoms with Gasteiger partial charge in [0.2, 0.25) is 5.88 Å². The van der Waals surface area contributed by atoms with Crippen LogP contribution in [0.5, 0.6) is 5.88 Å². The SMILES string of the molecule is COC(=O)C1(COc2ccc(Br)cn2)CCC1. The summed E-state index contributed by atoms with van der Waals surface area (Å²) in [6.45, 7) is 0.342. The summed E-state index contributed by atoms with van der Waals surface area (Å²) in [5, 5.41) is 0. The van der Waals surface area contributed by atoms with Crippen LogP contribution in [-0.2, 0) is 9.53 Å². The van der Waals surface area contributed by atoms with Crippen LogP contribution in [0.2, 0.25) is 0 Å². The van der Waals surface area contributed by atoms with Gasteiger partial charge in [0.1, 0.15) is 12.0 Å². The van der Waals surface area contributed by atoms with Gasteiger partial charge >= 0.3 is 5.97 Å². The molecule has 0 atom stereocenters. The lowest BCUT2D eigenvalue weighted by Gasteiger charge is -2.38. The number of rotatable bonds is 4. The van der Waals surface area contributed by atoms with Gasteiger partial charge in [-0.1, -0.05) is 6.42 Å². The second-order valence-corrected chi connectivity index (χ2v) is 5.14. The number of halogens is 1. The fourth-order valence-corrected chi connectivity index (χ4v) is 2.12. The van der Waals surface area contributed by atoms with Crippen LogP contribution in [0, 0.1) is 5.41 Å². The Morgan fingerprint density at radius 2 is 2.29 bits per heavy atom. The molecule has 0 radical (unpaired) electrons. The van der Waals surface area contributed by atoms with E-state index in [0.717, 1.165) is 23.7 Å². The molecule has 1 aromatic heterocycles. The number of aromatic nitrogens is 1. The second kappa shape index (κ2) is 5.04. The summed E-state index contributed by atoms with van der Waals surface area (Å²) in [5.41, 5.74) is -0.455. The van der Waals surface area contributed by atoms with Crippen LogP contribution >= 0.6 is 15.9 Å². The van der Waals surface area contributed by atoms with E-state index in [2.05, 4.69) is 20.9 Å². The van der Waals surface area contributed by atoms with Crippen molar-refractivity contribution in [2.75, 3.05) is 13.7 Å². The summed E-state index contributed by atoms with van der Waals surface area (Å²) >= 11 is 3.30. The average Bonchev–Trinajstić information content (AvgIpc) is 2.29. The van der Waals surface area contributed by atoms with Crippen molar-refractivity contribution in [3.8, 4) is 5.88 Å². The van der Waals surface area contributed by atoms with E-state index >= 15 is 0 Å². The molecule has 4 nitrogen and oxygen atoms in total. The Kier molecular flexibility index (Phi) is 3.66. The third-order valence-corrected chi connectivity index (χ3v) is 3.59. The number of nitrogens with zero attached hydrogens (tertiary/aromatic N) is 1. The number of carbonyl (C=O) groups excluding carboxylic acids is 1. The molecular formula is C12H14BrNO3. The Bertz CT molecular complexity index is 401. The van der Waals surface area contributed by atoms with Gasteiger partial charge < -0.3 is 9.47 Å². The summed E-state index contributed by atoms with van der Waals surface area (Å²) < 4.78 is 11.3. The molecule has 0 bridgehead atoms. The summed E-state index contributed by atoms with van der Waals surface area (Å²) in [7, 11) is 1.42. The first-order valence-electron chi connectivity index (χ1n) is 5.49. The molecule has 5 heteroatoms. The normalized spacial score (nSPS) is 17.1. The van der Waals surface area contributed by atoms with Crippen LogP contribution in [0.25, 0.3) is 0 Å². The van der Waals surface area contributed by atoms with Crippen molar-refractivity contribution in [3.63, 3.8) is 0 Å². The number of carbonyl (C=O) groups is 1. The molecule has 17 heavy (non-hydrogen) atoms. The zero-order valence-corrected chi connectivity index (χ0v) is 11.2. The highest BCUT2D eigenvalue weighted by atomic mass is 79.9. The molecular weight excluding hydrogens is 286 g/mol. The van der Waals surface area contributed by atoms with Gasteiger partial charge in [0, 0.05) is 16.7 Å². The molecule has 0 aromatic carbocycles. The smallest absolute Gasteiger partial charge is 0.315 e. The van der Waals surface area contributed by atoms with Crippen molar-refractivity contribution in [2.45, 2.75) is 19.3 Å². The van der Waals surface area contributed by atoms with E-state index in [1.807, 2.05) is 6.07 Å². The zero-order chi connectivity index (χ0) is 12.3. The molecule has 1 aromatic rings. The maximum atomic E-state index is 11.7. The van der Waals surface area contributed by atoms with E-state index in [1.165, 1.54) is 7.11 Å². The fraction of sp³-hybridized carbons (Fsp3) is 0.500. The molecule has 1 aliphatic rings. The van der Waals surface area contributed by atoms with Crippen molar-refractivity contribution in [2.24, 2.45) is 5.41 Å². The van der Waals surface area contributed by atoms with Crippen molar-refractivity contribution >= 4 is 21.9 Å². The Morgan fingerprint density at radius 3 is 2.76 bits per heavy atom. The van der Waals surface area contributed by atoms with Crippen LogP contribution in [0.4, 0.5) is 0 Å². The van der Waals surface area contributed by atoms with Crippen LogP contribution in [-0.4, -0.2) is 24.7 Å². The van der Waals surface area contributed by atoms with Crippen molar-refractivity contribution in [1.29, 1.82) is 0 Å². The Morgan fingerprint density at radius 1 is 1.53 bits per heavy atom. The highest BCUT2D eigenvalue weighted by Crippen LogP contribution is 2.42. The predicted octanol–water partition coefficient (Wildman–Crippen LogP) is 2.57. The topological polar surface area (TPSA) is 48.4 Å². The molecule has 0 N–H and O–H groups in total. The zero-order valence-electron chi connectivity index (χ0n) is 9.61. The van der Waals surface area contributed by atoms with Crippen LogP contribution < -0.4 is 4.74 Å². The minimum Gasteiger partial charge on any atom is -0.476 e. The molecule has 0 aliphatic heterocycles. The van der Waals surface area contributed by atoms with E-state index in [9.17, 15) is 4.79 Å². The molecule has 1 saturated carbocycles. The van der Waals surface area contributed by atoms with Crippen molar-refractivity contribution in [3.05, 3.63) is 22.8 Å². The number of ether oxygens (including phenoxy) is 2. The Labute approximate surface area is 108 Å². The van der Waals surface area contributed by atoms with Gasteiger partial charge in [-0.15, -0.1) is 0 Å². The molecule has 1 heterocycles. The molecule has 1 aliphatic carbocycles. The third-order valence-electron chi connectivity index (χ3n) is 3.13. The Hall–Kier alpha value is -1.10. The van der Waals surface area contributed by atoms with Gasteiger partial charge in [-0.25, -0.2) is 4.98 Å². The summed E-state index contributed by atoms with van der Waals surface area (Å²) in [6, 6.07) is 3.63. The molecule has 0 spiro atoms. The lowest BCUT2D eigenvalue weighted by molar-refractivity contribution is -0.161. The third kappa shape index (κ3) is 2.60. The van der Waals surface area contributed by atoms with E-state index < -0.39 is 5.41 Å². The maximum absolute atomic E-state index is 11.7. The number of hydrogen-bond acceptors (Lipinski definition) is 4. The number of methoxy groups -OCH3 is 1. The van der Waals surface area contributed by atoms with Gasteiger partial charge in [0.15, 0.2) is 0 Å². The van der Waals surface area contributed by atoms with Gasteiger partial charge in [-0.05, 0) is 34.8 Å². The van der Waals surface area contributed by atoms with Crippen LogP contribution in [0.3, 0.4) is 0 Å². The Balaban J connectivity index is 1.96. The largest absolute Gasteiger partial charge is 0.476 e. The number of esters is 1. The summed E-state index contributed by atoms with van der Waals surface area (Å²) in [5.74, 6) is 0.351. The average molecular weight is 300 g/mol. The summed E-state index contributed by atoms with van der Waals surface area (Å²) in [6.07, 6.45) is 4.37. The monoisotopic (exact) mass is 299 g/mol. The molecule has 1 fully saturated rings. The lowest BCUT2D eigenvalue weighted by Crippen LogP contribution is -2.44.